The molecular weight excluding hydrogens is 314 g/mol. The Morgan fingerprint density at radius 3 is 3.00 bits per heavy atom. The number of rotatable bonds is 5. The van der Waals surface area contributed by atoms with Crippen LogP contribution in [0.4, 0.5) is 0 Å². The number of hydrogen-bond donors (Lipinski definition) is 0. The molecule has 0 aliphatic heterocycles. The molecule has 0 aliphatic rings. The topological polar surface area (TPSA) is 47.8 Å². The van der Waals surface area contributed by atoms with E-state index in [4.69, 9.17) is 0 Å². The lowest BCUT2D eigenvalue weighted by Crippen LogP contribution is -2.05. The number of aromatic nitrogens is 3. The molecule has 1 heterocycles. The van der Waals surface area contributed by atoms with E-state index in [1.54, 1.807) is 17.9 Å². The number of halogens is 1. The quantitative estimate of drug-likeness (QED) is 0.792. The third kappa shape index (κ3) is 3.96. The summed E-state index contributed by atoms with van der Waals surface area (Å²) >= 11 is 4.94. The molecule has 1 aromatic heterocycles. The average molecular weight is 326 g/mol. The Bertz CT molecular complexity index is 556. The van der Waals surface area contributed by atoms with Crippen LogP contribution in [-0.2, 0) is 18.3 Å². The summed E-state index contributed by atoms with van der Waals surface area (Å²) in [5.74, 6) is 0.605. The normalized spacial score (nSPS) is 10.6. The molecule has 0 saturated carbocycles. The van der Waals surface area contributed by atoms with Crippen molar-refractivity contribution >= 4 is 33.5 Å². The van der Waals surface area contributed by atoms with E-state index >= 15 is 0 Å². The number of aryl methyl sites for hydroxylation is 1. The second kappa shape index (κ2) is 6.15. The number of carbonyl (C=O) groups is 1. The molecule has 0 aliphatic carbocycles. The van der Waals surface area contributed by atoms with E-state index in [1.807, 2.05) is 24.3 Å². The third-order valence-corrected chi connectivity index (χ3v) is 3.77. The molecule has 0 N–H and O–H groups in total. The van der Waals surface area contributed by atoms with Crippen LogP contribution >= 0.6 is 27.7 Å². The van der Waals surface area contributed by atoms with Gasteiger partial charge in [0.1, 0.15) is 5.78 Å². The first-order valence-electron chi connectivity index (χ1n) is 5.39. The molecule has 0 saturated heterocycles. The number of Topliss-reactive ketones (excluding diaryl/α,β-unsaturated/α-hetero) is 1. The van der Waals surface area contributed by atoms with Gasteiger partial charge in [-0.15, -0.1) is 16.9 Å². The fourth-order valence-electron chi connectivity index (χ4n) is 1.45. The minimum Gasteiger partial charge on any atom is -0.298 e. The second-order valence-corrected chi connectivity index (χ2v) is 5.81. The van der Waals surface area contributed by atoms with Crippen molar-refractivity contribution in [1.82, 2.24) is 15.0 Å². The van der Waals surface area contributed by atoms with Crippen LogP contribution in [0.3, 0.4) is 0 Å². The lowest BCUT2D eigenvalue weighted by Gasteiger charge is -2.00. The van der Waals surface area contributed by atoms with E-state index in [1.165, 1.54) is 11.8 Å². The van der Waals surface area contributed by atoms with Gasteiger partial charge in [0.05, 0.1) is 17.9 Å². The summed E-state index contributed by atoms with van der Waals surface area (Å²) < 4.78 is 2.62. The molecular formula is C12H12BrN3OS. The summed E-state index contributed by atoms with van der Waals surface area (Å²) in [5, 5.41) is 7.70. The van der Waals surface area contributed by atoms with Crippen LogP contribution in [0.1, 0.15) is 5.69 Å². The maximum absolute atomic E-state index is 11.8. The summed E-state index contributed by atoms with van der Waals surface area (Å²) in [4.78, 5) is 12.9. The minimum absolute atomic E-state index is 0.153. The van der Waals surface area contributed by atoms with E-state index in [9.17, 15) is 4.79 Å². The maximum atomic E-state index is 11.8. The molecule has 0 atom stereocenters. The molecule has 1 aromatic carbocycles. The van der Waals surface area contributed by atoms with Crippen LogP contribution in [0, 0.1) is 0 Å². The Kier molecular flexibility index (Phi) is 4.54. The lowest BCUT2D eigenvalue weighted by molar-refractivity contribution is -0.116. The summed E-state index contributed by atoms with van der Waals surface area (Å²) in [6, 6.07) is 7.91. The first kappa shape index (κ1) is 13.3. The van der Waals surface area contributed by atoms with Crippen molar-refractivity contribution in [3.8, 4) is 0 Å². The zero-order valence-corrected chi connectivity index (χ0v) is 12.2. The minimum atomic E-state index is 0.153. The monoisotopic (exact) mass is 325 g/mol. The highest BCUT2D eigenvalue weighted by molar-refractivity contribution is 9.10. The van der Waals surface area contributed by atoms with Crippen LogP contribution < -0.4 is 0 Å². The van der Waals surface area contributed by atoms with Gasteiger partial charge in [-0.2, -0.15) is 0 Å². The molecule has 0 fully saturated rings. The summed E-state index contributed by atoms with van der Waals surface area (Å²) in [6.07, 6.45) is 2.11. The molecule has 6 heteroatoms. The Labute approximate surface area is 118 Å². The molecule has 0 amide bonds. The Balaban J connectivity index is 1.85. The fraction of sp³-hybridized carbons (Fsp3) is 0.250. The van der Waals surface area contributed by atoms with Crippen molar-refractivity contribution in [2.45, 2.75) is 11.3 Å². The fourth-order valence-corrected chi connectivity index (χ4v) is 2.82. The predicted octanol–water partition coefficient (Wildman–Crippen LogP) is 2.48. The highest BCUT2D eigenvalue weighted by Gasteiger charge is 2.07. The molecule has 0 bridgehead atoms. The first-order valence-corrected chi connectivity index (χ1v) is 7.16. The lowest BCUT2D eigenvalue weighted by atomic mass is 10.2. The number of ketones is 1. The summed E-state index contributed by atoms with van der Waals surface area (Å²) in [7, 11) is 1.79. The SMILES string of the molecule is Cn1cc(CC(=O)CSc2cccc(Br)c2)nn1. The Morgan fingerprint density at radius 1 is 1.50 bits per heavy atom. The van der Waals surface area contributed by atoms with Gasteiger partial charge in [-0.05, 0) is 18.2 Å². The summed E-state index contributed by atoms with van der Waals surface area (Å²) in [6.45, 7) is 0. The van der Waals surface area contributed by atoms with Crippen LogP contribution in [0.25, 0.3) is 0 Å². The van der Waals surface area contributed by atoms with Crippen LogP contribution in [0.5, 0.6) is 0 Å². The molecule has 0 spiro atoms. The first-order chi connectivity index (χ1) is 8.63. The van der Waals surface area contributed by atoms with Crippen LogP contribution in [-0.4, -0.2) is 26.5 Å². The van der Waals surface area contributed by atoms with E-state index in [-0.39, 0.29) is 5.78 Å². The number of hydrogen-bond acceptors (Lipinski definition) is 4. The van der Waals surface area contributed by atoms with Crippen molar-refractivity contribution in [2.75, 3.05) is 5.75 Å². The zero-order valence-electron chi connectivity index (χ0n) is 9.84. The Hall–Kier alpha value is -1.14. The van der Waals surface area contributed by atoms with E-state index < -0.39 is 0 Å². The molecule has 94 valence electrons. The standard InChI is InChI=1S/C12H12BrN3OS/c1-16-7-10(14-15-16)6-11(17)8-18-12-4-2-3-9(13)5-12/h2-5,7H,6,8H2,1H3. The smallest absolute Gasteiger partial charge is 0.149 e. The van der Waals surface area contributed by atoms with Gasteiger partial charge in [0.15, 0.2) is 0 Å². The van der Waals surface area contributed by atoms with E-state index in [0.29, 0.717) is 12.2 Å². The van der Waals surface area contributed by atoms with Crippen molar-refractivity contribution in [1.29, 1.82) is 0 Å². The number of carbonyl (C=O) groups excluding carboxylic acids is 1. The number of thioether (sulfide) groups is 1. The number of nitrogens with zero attached hydrogens (tertiary/aromatic N) is 3. The van der Waals surface area contributed by atoms with Gasteiger partial charge in [0.2, 0.25) is 0 Å². The Morgan fingerprint density at radius 2 is 2.33 bits per heavy atom. The molecule has 4 nitrogen and oxygen atoms in total. The average Bonchev–Trinajstić information content (AvgIpc) is 2.72. The molecule has 0 unspecified atom stereocenters. The second-order valence-electron chi connectivity index (χ2n) is 3.85. The van der Waals surface area contributed by atoms with Gasteiger partial charge in [0, 0.05) is 22.6 Å². The van der Waals surface area contributed by atoms with Gasteiger partial charge < -0.3 is 0 Å². The van der Waals surface area contributed by atoms with Gasteiger partial charge in [0.25, 0.3) is 0 Å². The van der Waals surface area contributed by atoms with Crippen LogP contribution in [0.2, 0.25) is 0 Å². The maximum Gasteiger partial charge on any atom is 0.149 e. The van der Waals surface area contributed by atoms with Gasteiger partial charge in [-0.25, -0.2) is 0 Å². The highest BCUT2D eigenvalue weighted by atomic mass is 79.9. The predicted molar refractivity (Wildman–Crippen MR) is 74.6 cm³/mol. The van der Waals surface area contributed by atoms with Crippen molar-refractivity contribution in [2.24, 2.45) is 7.05 Å². The van der Waals surface area contributed by atoms with E-state index in [2.05, 4.69) is 26.2 Å². The van der Waals surface area contributed by atoms with Crippen molar-refractivity contribution in [3.63, 3.8) is 0 Å². The third-order valence-electron chi connectivity index (χ3n) is 2.22. The molecule has 2 rings (SSSR count). The largest absolute Gasteiger partial charge is 0.298 e. The molecule has 0 radical (unpaired) electrons. The number of benzene rings is 1. The van der Waals surface area contributed by atoms with Gasteiger partial charge in [-0.3, -0.25) is 9.48 Å². The highest BCUT2D eigenvalue weighted by Crippen LogP contribution is 2.22. The van der Waals surface area contributed by atoms with Crippen molar-refractivity contribution < 1.29 is 4.79 Å². The van der Waals surface area contributed by atoms with Gasteiger partial charge in [-0.1, -0.05) is 27.2 Å². The zero-order chi connectivity index (χ0) is 13.0. The van der Waals surface area contributed by atoms with Crippen LogP contribution in [0.15, 0.2) is 39.8 Å². The van der Waals surface area contributed by atoms with E-state index in [0.717, 1.165) is 15.1 Å². The van der Waals surface area contributed by atoms with Gasteiger partial charge >= 0.3 is 0 Å². The molecule has 2 aromatic rings. The summed E-state index contributed by atoms with van der Waals surface area (Å²) in [5.41, 5.74) is 0.720. The van der Waals surface area contributed by atoms with Crippen molar-refractivity contribution in [3.05, 3.63) is 40.6 Å². The molecule has 18 heavy (non-hydrogen) atoms.